The molecule has 4 aromatic rings. The molecule has 0 aromatic heterocycles. The molecule has 0 spiro atoms. The molecule has 0 N–H and O–H groups in total. The van der Waals surface area contributed by atoms with E-state index >= 15 is 4.39 Å². The lowest BCUT2D eigenvalue weighted by atomic mass is 9.88. The summed E-state index contributed by atoms with van der Waals surface area (Å²) in [6.07, 6.45) is -16.9. The van der Waals surface area contributed by atoms with E-state index in [-0.39, 0.29) is 16.7 Å². The first-order valence-electron chi connectivity index (χ1n) is 13.8. The van der Waals surface area contributed by atoms with E-state index in [2.05, 4.69) is 9.44 Å². The van der Waals surface area contributed by atoms with Crippen molar-refractivity contribution in [2.45, 2.75) is 41.8 Å². The standard InChI is InChI=1S/C32H19F14NO3S/c33-26(28(36,37)27(34)35)25(47-50-51(48,49)32(45,46)30(40,41)29(38,39)31(42,43)44)24-17-20(15-16-23(24)19-11-5-2-6-12-19)22-14-8-7-13-21(22)18-9-3-1-4-10-18/h1-17,26-27H. The van der Waals surface area contributed by atoms with Crippen LogP contribution in [-0.4, -0.2) is 55.9 Å². The molecule has 0 radical (unpaired) electrons. The Morgan fingerprint density at radius 1 is 0.569 bits per heavy atom. The van der Waals surface area contributed by atoms with Crippen molar-refractivity contribution in [3.63, 3.8) is 0 Å². The summed E-state index contributed by atoms with van der Waals surface area (Å²) in [5.41, 5.74) is -2.80. The van der Waals surface area contributed by atoms with E-state index in [1.165, 1.54) is 48.5 Å². The quantitative estimate of drug-likeness (QED) is 0.0820. The normalized spacial score (nSPS) is 14.5. The van der Waals surface area contributed by atoms with Crippen LogP contribution in [0.3, 0.4) is 0 Å². The molecular weight excluding hydrogens is 744 g/mol. The molecule has 0 saturated carbocycles. The molecule has 0 aliphatic carbocycles. The minimum absolute atomic E-state index is 0.0693. The van der Waals surface area contributed by atoms with Crippen molar-refractivity contribution >= 4 is 15.8 Å². The molecule has 0 heterocycles. The topological polar surface area (TPSA) is 55.7 Å². The van der Waals surface area contributed by atoms with E-state index in [4.69, 9.17) is 0 Å². The number of nitrogens with zero attached hydrogens (tertiary/aromatic N) is 1. The molecule has 0 saturated heterocycles. The molecule has 4 aromatic carbocycles. The molecule has 0 fully saturated rings. The van der Waals surface area contributed by atoms with Crippen molar-refractivity contribution in [1.82, 2.24) is 0 Å². The van der Waals surface area contributed by atoms with Gasteiger partial charge in [0.05, 0.1) is 0 Å². The molecule has 4 rings (SSSR count). The number of benzene rings is 4. The average Bonchev–Trinajstić information content (AvgIpc) is 3.08. The lowest BCUT2D eigenvalue weighted by Crippen LogP contribution is -2.63. The Bertz CT molecular complexity index is 1990. The summed E-state index contributed by atoms with van der Waals surface area (Å²) in [6.45, 7) is 0. The second-order valence-electron chi connectivity index (χ2n) is 10.5. The number of rotatable bonds is 12. The smallest absolute Gasteiger partial charge is 0.263 e. The fourth-order valence-electron chi connectivity index (χ4n) is 4.58. The van der Waals surface area contributed by atoms with Crippen LogP contribution in [0.4, 0.5) is 61.5 Å². The lowest BCUT2D eigenvalue weighted by Gasteiger charge is -2.32. The average molecular weight is 764 g/mol. The molecule has 0 aliphatic rings. The molecule has 0 bridgehead atoms. The van der Waals surface area contributed by atoms with Crippen LogP contribution in [0.25, 0.3) is 33.4 Å². The number of alkyl halides is 14. The number of oxime groups is 1. The minimum Gasteiger partial charge on any atom is -0.263 e. The summed E-state index contributed by atoms with van der Waals surface area (Å²) >= 11 is 0. The highest BCUT2D eigenvalue weighted by molar-refractivity contribution is 7.87. The Morgan fingerprint density at radius 2 is 1.02 bits per heavy atom. The largest absolute Gasteiger partial charge is 0.460 e. The van der Waals surface area contributed by atoms with Gasteiger partial charge in [-0.25, -0.2) is 13.2 Å². The third kappa shape index (κ3) is 7.12. The van der Waals surface area contributed by atoms with E-state index in [1.54, 1.807) is 42.5 Å². The van der Waals surface area contributed by atoms with Crippen LogP contribution in [-0.2, 0) is 14.4 Å². The van der Waals surface area contributed by atoms with Gasteiger partial charge in [0.25, 0.3) is 0 Å². The number of halogens is 14. The molecular formula is C32H19F14NO3S. The number of hydrogen-bond donors (Lipinski definition) is 0. The first kappa shape index (κ1) is 39.1. The highest BCUT2D eigenvalue weighted by atomic mass is 32.2. The van der Waals surface area contributed by atoms with Gasteiger partial charge in [-0.1, -0.05) is 102 Å². The van der Waals surface area contributed by atoms with Crippen LogP contribution in [0.2, 0.25) is 0 Å². The van der Waals surface area contributed by atoms with Gasteiger partial charge in [0.1, 0.15) is 5.71 Å². The van der Waals surface area contributed by atoms with Crippen molar-refractivity contribution in [1.29, 1.82) is 0 Å². The van der Waals surface area contributed by atoms with Crippen LogP contribution in [0.5, 0.6) is 0 Å². The minimum atomic E-state index is -7.90. The number of hydrogen-bond acceptors (Lipinski definition) is 4. The molecule has 274 valence electrons. The third-order valence-electron chi connectivity index (χ3n) is 7.24. The molecule has 1 atom stereocenters. The maximum absolute atomic E-state index is 15.6. The van der Waals surface area contributed by atoms with Crippen LogP contribution in [0.1, 0.15) is 5.56 Å². The van der Waals surface area contributed by atoms with Crippen LogP contribution in [0.15, 0.2) is 108 Å². The van der Waals surface area contributed by atoms with Crippen molar-refractivity contribution in [2.75, 3.05) is 0 Å². The van der Waals surface area contributed by atoms with Gasteiger partial charge in [-0.05, 0) is 39.4 Å². The maximum atomic E-state index is 15.6. The molecule has 1 unspecified atom stereocenters. The fraction of sp³-hybridized carbons (Fsp3) is 0.219. The van der Waals surface area contributed by atoms with E-state index in [0.29, 0.717) is 11.1 Å². The summed E-state index contributed by atoms with van der Waals surface area (Å²) in [5.74, 6) is -21.4. The van der Waals surface area contributed by atoms with Crippen LogP contribution < -0.4 is 0 Å². The molecule has 4 nitrogen and oxygen atoms in total. The van der Waals surface area contributed by atoms with Gasteiger partial charge in [-0.2, -0.15) is 56.7 Å². The Labute approximate surface area is 279 Å². The Balaban J connectivity index is 2.01. The SMILES string of the molecule is O=S(=O)(ON=C(c1cc(-c2ccccc2-c2ccccc2)ccc1-c1ccccc1)C(F)C(F)(F)C(F)F)C(F)(F)C(F)(F)C(F)(F)C(F)(F)F. The highest BCUT2D eigenvalue weighted by Gasteiger charge is 2.86. The van der Waals surface area contributed by atoms with Gasteiger partial charge >= 0.3 is 45.7 Å². The van der Waals surface area contributed by atoms with E-state index in [0.717, 1.165) is 12.1 Å². The van der Waals surface area contributed by atoms with E-state index < -0.39 is 68.8 Å². The maximum Gasteiger partial charge on any atom is 0.460 e. The van der Waals surface area contributed by atoms with Crippen molar-refractivity contribution in [2.24, 2.45) is 5.16 Å². The van der Waals surface area contributed by atoms with E-state index in [9.17, 15) is 65.5 Å². The molecule has 51 heavy (non-hydrogen) atoms. The first-order chi connectivity index (χ1) is 23.5. The van der Waals surface area contributed by atoms with Gasteiger partial charge in [-0.3, -0.25) is 4.28 Å². The monoisotopic (exact) mass is 763 g/mol. The molecule has 19 heteroatoms. The van der Waals surface area contributed by atoms with E-state index in [1.807, 2.05) is 0 Å². The summed E-state index contributed by atoms with van der Waals surface area (Å²) < 4.78 is 220. The Kier molecular flexibility index (Phi) is 10.6. The zero-order valence-corrected chi connectivity index (χ0v) is 25.7. The van der Waals surface area contributed by atoms with Gasteiger partial charge in [-0.15, -0.1) is 0 Å². The van der Waals surface area contributed by atoms with Crippen LogP contribution in [0, 0.1) is 0 Å². The van der Waals surface area contributed by atoms with Gasteiger partial charge in [0.15, 0.2) is 0 Å². The highest BCUT2D eigenvalue weighted by Crippen LogP contribution is 2.55. The predicted octanol–water partition coefficient (Wildman–Crippen LogP) is 10.4. The fourth-order valence-corrected chi connectivity index (χ4v) is 5.29. The third-order valence-corrected chi connectivity index (χ3v) is 8.39. The Morgan fingerprint density at radius 3 is 1.49 bits per heavy atom. The van der Waals surface area contributed by atoms with Gasteiger partial charge in [0, 0.05) is 5.56 Å². The first-order valence-corrected chi connectivity index (χ1v) is 15.3. The summed E-state index contributed by atoms with van der Waals surface area (Å²) in [7, 11) is -7.90. The van der Waals surface area contributed by atoms with Gasteiger partial charge < -0.3 is 0 Å². The zero-order chi connectivity index (χ0) is 38.2. The summed E-state index contributed by atoms with van der Waals surface area (Å²) in [5, 5.41) is -5.30. The predicted molar refractivity (Wildman–Crippen MR) is 156 cm³/mol. The second-order valence-corrected chi connectivity index (χ2v) is 12.1. The summed E-state index contributed by atoms with van der Waals surface area (Å²) in [6, 6.07) is 23.8. The molecule has 0 amide bonds. The molecule has 0 aliphatic heterocycles. The summed E-state index contributed by atoms with van der Waals surface area (Å²) in [4.78, 5) is 0. The van der Waals surface area contributed by atoms with Crippen molar-refractivity contribution in [3.05, 3.63) is 109 Å². The van der Waals surface area contributed by atoms with Crippen LogP contribution >= 0.6 is 0 Å². The Hall–Kier alpha value is -4.68. The zero-order valence-electron chi connectivity index (χ0n) is 24.8. The van der Waals surface area contributed by atoms with Crippen molar-refractivity contribution < 1.29 is 74.2 Å². The lowest BCUT2D eigenvalue weighted by molar-refractivity contribution is -0.382. The van der Waals surface area contributed by atoms with Crippen molar-refractivity contribution in [3.8, 4) is 33.4 Å². The van der Waals surface area contributed by atoms with Gasteiger partial charge in [0.2, 0.25) is 6.17 Å². The second kappa shape index (κ2) is 13.8.